The van der Waals surface area contributed by atoms with Crippen LogP contribution in [0.4, 0.5) is 17.3 Å². The largest absolute Gasteiger partial charge is 0.484 e. The third kappa shape index (κ3) is 5.54. The van der Waals surface area contributed by atoms with Crippen LogP contribution in [-0.2, 0) is 4.79 Å². The van der Waals surface area contributed by atoms with E-state index in [0.717, 1.165) is 22.6 Å². The fourth-order valence-electron chi connectivity index (χ4n) is 2.57. The van der Waals surface area contributed by atoms with Gasteiger partial charge in [0, 0.05) is 22.8 Å². The number of hydrogen-bond acceptors (Lipinski definition) is 5. The minimum absolute atomic E-state index is 0.0547. The summed E-state index contributed by atoms with van der Waals surface area (Å²) in [6.07, 6.45) is 0. The van der Waals surface area contributed by atoms with E-state index in [2.05, 4.69) is 20.6 Å². The SMILES string of the molecule is Cc1ccc(OCC(=O)Nc2cccc(Nc3nc(C)cc(C)n3)c2)cc1. The predicted molar refractivity (Wildman–Crippen MR) is 107 cm³/mol. The normalized spacial score (nSPS) is 10.3. The Labute approximate surface area is 158 Å². The number of rotatable bonds is 6. The summed E-state index contributed by atoms with van der Waals surface area (Å²) in [6.45, 7) is 5.79. The van der Waals surface area contributed by atoms with Gasteiger partial charge in [-0.3, -0.25) is 4.79 Å². The zero-order valence-electron chi connectivity index (χ0n) is 15.6. The van der Waals surface area contributed by atoms with Crippen LogP contribution in [0.2, 0.25) is 0 Å². The summed E-state index contributed by atoms with van der Waals surface area (Å²) in [4.78, 5) is 20.8. The first-order valence-corrected chi connectivity index (χ1v) is 8.66. The molecule has 0 spiro atoms. The second-order valence-corrected chi connectivity index (χ2v) is 6.33. The van der Waals surface area contributed by atoms with E-state index in [1.54, 1.807) is 0 Å². The van der Waals surface area contributed by atoms with Crippen molar-refractivity contribution < 1.29 is 9.53 Å². The summed E-state index contributed by atoms with van der Waals surface area (Å²) in [6, 6.07) is 16.9. The molecule has 0 saturated heterocycles. The second kappa shape index (κ2) is 8.31. The fourth-order valence-corrected chi connectivity index (χ4v) is 2.57. The average molecular weight is 362 g/mol. The number of hydrogen-bond donors (Lipinski definition) is 2. The predicted octanol–water partition coefficient (Wildman–Crippen LogP) is 4.16. The first-order valence-electron chi connectivity index (χ1n) is 8.66. The van der Waals surface area contributed by atoms with Crippen molar-refractivity contribution in [2.45, 2.75) is 20.8 Å². The molecular weight excluding hydrogens is 340 g/mol. The molecule has 3 rings (SSSR count). The van der Waals surface area contributed by atoms with E-state index >= 15 is 0 Å². The van der Waals surface area contributed by atoms with Crippen LogP contribution in [0.15, 0.2) is 54.6 Å². The van der Waals surface area contributed by atoms with E-state index in [0.29, 0.717) is 17.4 Å². The maximum absolute atomic E-state index is 12.1. The van der Waals surface area contributed by atoms with E-state index in [4.69, 9.17) is 4.74 Å². The topological polar surface area (TPSA) is 76.1 Å². The Kier molecular flexibility index (Phi) is 5.66. The van der Waals surface area contributed by atoms with Gasteiger partial charge in [0.1, 0.15) is 5.75 Å². The molecule has 27 heavy (non-hydrogen) atoms. The summed E-state index contributed by atoms with van der Waals surface area (Å²) < 4.78 is 5.50. The van der Waals surface area contributed by atoms with Crippen LogP contribution in [0, 0.1) is 20.8 Å². The zero-order chi connectivity index (χ0) is 19.2. The highest BCUT2D eigenvalue weighted by Crippen LogP contribution is 2.19. The van der Waals surface area contributed by atoms with Gasteiger partial charge in [0.25, 0.3) is 5.91 Å². The second-order valence-electron chi connectivity index (χ2n) is 6.33. The number of nitrogens with one attached hydrogen (secondary N) is 2. The molecule has 6 nitrogen and oxygen atoms in total. The number of carbonyl (C=O) groups excluding carboxylic acids is 1. The van der Waals surface area contributed by atoms with Gasteiger partial charge in [0.05, 0.1) is 0 Å². The molecule has 0 aliphatic rings. The zero-order valence-corrected chi connectivity index (χ0v) is 15.6. The van der Waals surface area contributed by atoms with Gasteiger partial charge in [-0.25, -0.2) is 9.97 Å². The lowest BCUT2D eigenvalue weighted by Gasteiger charge is -2.10. The Bertz CT molecular complexity index is 919. The third-order valence-corrected chi connectivity index (χ3v) is 3.78. The van der Waals surface area contributed by atoms with Gasteiger partial charge < -0.3 is 15.4 Å². The van der Waals surface area contributed by atoms with Crippen LogP contribution < -0.4 is 15.4 Å². The molecule has 0 aliphatic heterocycles. The van der Waals surface area contributed by atoms with Crippen molar-refractivity contribution in [2.75, 3.05) is 17.2 Å². The molecule has 0 bridgehead atoms. The highest BCUT2D eigenvalue weighted by atomic mass is 16.5. The van der Waals surface area contributed by atoms with Gasteiger partial charge in [-0.15, -0.1) is 0 Å². The molecule has 138 valence electrons. The number of anilines is 3. The standard InChI is InChI=1S/C21H22N4O2/c1-14-7-9-19(10-8-14)27-13-20(26)24-17-5-4-6-18(12-17)25-21-22-15(2)11-16(3)23-21/h4-12H,13H2,1-3H3,(H,24,26)(H,22,23,25). The average Bonchev–Trinajstić information content (AvgIpc) is 2.61. The number of ether oxygens (including phenoxy) is 1. The molecule has 3 aromatic rings. The van der Waals surface area contributed by atoms with Gasteiger partial charge in [-0.2, -0.15) is 0 Å². The van der Waals surface area contributed by atoms with Crippen molar-refractivity contribution in [3.05, 3.63) is 71.5 Å². The summed E-state index contributed by atoms with van der Waals surface area (Å²) in [5, 5.41) is 5.99. The van der Waals surface area contributed by atoms with Gasteiger partial charge >= 0.3 is 0 Å². The lowest BCUT2D eigenvalue weighted by atomic mass is 10.2. The highest BCUT2D eigenvalue weighted by molar-refractivity contribution is 5.92. The molecule has 1 amide bonds. The Morgan fingerprint density at radius 1 is 0.926 bits per heavy atom. The number of nitrogens with zero attached hydrogens (tertiary/aromatic N) is 2. The van der Waals surface area contributed by atoms with Crippen LogP contribution in [0.3, 0.4) is 0 Å². The van der Waals surface area contributed by atoms with Crippen LogP contribution in [0.5, 0.6) is 5.75 Å². The van der Waals surface area contributed by atoms with Gasteiger partial charge in [0.2, 0.25) is 5.95 Å². The van der Waals surface area contributed by atoms with E-state index in [1.807, 2.05) is 75.4 Å². The van der Waals surface area contributed by atoms with Gasteiger partial charge in [0.15, 0.2) is 6.61 Å². The molecule has 0 saturated carbocycles. The van der Waals surface area contributed by atoms with Gasteiger partial charge in [-0.05, 0) is 57.2 Å². The number of amides is 1. The van der Waals surface area contributed by atoms with Crippen molar-refractivity contribution in [3.8, 4) is 5.75 Å². The Hall–Kier alpha value is -3.41. The monoisotopic (exact) mass is 362 g/mol. The smallest absolute Gasteiger partial charge is 0.262 e. The summed E-state index contributed by atoms with van der Waals surface area (Å²) >= 11 is 0. The van der Waals surface area contributed by atoms with Gasteiger partial charge in [-0.1, -0.05) is 23.8 Å². The molecule has 0 unspecified atom stereocenters. The maximum Gasteiger partial charge on any atom is 0.262 e. The van der Waals surface area contributed by atoms with E-state index < -0.39 is 0 Å². The summed E-state index contributed by atoms with van der Waals surface area (Å²) in [5.74, 6) is 0.965. The minimum atomic E-state index is -0.227. The molecule has 1 aromatic heterocycles. The number of aryl methyl sites for hydroxylation is 3. The number of benzene rings is 2. The van der Waals surface area contributed by atoms with Crippen LogP contribution in [0.1, 0.15) is 17.0 Å². The lowest BCUT2D eigenvalue weighted by Crippen LogP contribution is -2.20. The Morgan fingerprint density at radius 2 is 1.59 bits per heavy atom. The molecular formula is C21H22N4O2. The molecule has 0 fully saturated rings. The lowest BCUT2D eigenvalue weighted by molar-refractivity contribution is -0.118. The van der Waals surface area contributed by atoms with Crippen molar-refractivity contribution in [1.29, 1.82) is 0 Å². The first kappa shape index (κ1) is 18.4. The van der Waals surface area contributed by atoms with E-state index in [1.165, 1.54) is 0 Å². The molecule has 0 radical (unpaired) electrons. The van der Waals surface area contributed by atoms with Crippen molar-refractivity contribution >= 4 is 23.2 Å². The third-order valence-electron chi connectivity index (χ3n) is 3.78. The fraction of sp³-hybridized carbons (Fsp3) is 0.190. The molecule has 1 heterocycles. The highest BCUT2D eigenvalue weighted by Gasteiger charge is 2.06. The first-order chi connectivity index (χ1) is 13.0. The van der Waals surface area contributed by atoms with Crippen molar-refractivity contribution in [2.24, 2.45) is 0 Å². The molecule has 2 aromatic carbocycles. The van der Waals surface area contributed by atoms with Crippen LogP contribution >= 0.6 is 0 Å². The number of carbonyl (C=O) groups is 1. The van der Waals surface area contributed by atoms with Crippen molar-refractivity contribution in [3.63, 3.8) is 0 Å². The molecule has 0 atom stereocenters. The van der Waals surface area contributed by atoms with E-state index in [9.17, 15) is 4.79 Å². The molecule has 0 aliphatic carbocycles. The molecule has 6 heteroatoms. The summed E-state index contributed by atoms with van der Waals surface area (Å²) in [5.41, 5.74) is 4.38. The maximum atomic E-state index is 12.1. The number of aromatic nitrogens is 2. The molecule has 2 N–H and O–H groups in total. The van der Waals surface area contributed by atoms with Crippen LogP contribution in [0.25, 0.3) is 0 Å². The Morgan fingerprint density at radius 3 is 2.30 bits per heavy atom. The van der Waals surface area contributed by atoms with Crippen LogP contribution in [-0.4, -0.2) is 22.5 Å². The quantitative estimate of drug-likeness (QED) is 0.688. The minimum Gasteiger partial charge on any atom is -0.484 e. The van der Waals surface area contributed by atoms with E-state index in [-0.39, 0.29) is 12.5 Å². The summed E-state index contributed by atoms with van der Waals surface area (Å²) in [7, 11) is 0. The van der Waals surface area contributed by atoms with Crippen molar-refractivity contribution in [1.82, 2.24) is 9.97 Å². The Balaban J connectivity index is 1.59.